The summed E-state index contributed by atoms with van der Waals surface area (Å²) >= 11 is 0. The third-order valence-electron chi connectivity index (χ3n) is 12.1. The van der Waals surface area contributed by atoms with E-state index >= 15 is 0 Å². The van der Waals surface area contributed by atoms with Crippen LogP contribution in [0.25, 0.3) is 121 Å². The Hall–Kier alpha value is -8.14. The largest absolute Gasteiger partial charge is 0.455 e. The molecule has 284 valence electrons. The summed E-state index contributed by atoms with van der Waals surface area (Å²) in [6, 6.07) is 75.4. The van der Waals surface area contributed by atoms with Gasteiger partial charge in [-0.25, -0.2) is 4.98 Å². The highest BCUT2D eigenvalue weighted by Crippen LogP contribution is 2.40. The maximum absolute atomic E-state index is 6.33. The molecule has 0 bridgehead atoms. The molecule has 0 aliphatic carbocycles. The molecule has 0 spiro atoms. The van der Waals surface area contributed by atoms with Crippen molar-refractivity contribution in [3.8, 4) is 66.9 Å². The van der Waals surface area contributed by atoms with Crippen molar-refractivity contribution in [2.45, 2.75) is 0 Å². The minimum Gasteiger partial charge on any atom is -0.455 e. The number of furan rings is 1. The smallest absolute Gasteiger partial charge is 0.143 e. The van der Waals surface area contributed by atoms with Crippen molar-refractivity contribution in [3.63, 3.8) is 0 Å². The molecule has 10 aromatic carbocycles. The van der Waals surface area contributed by atoms with E-state index < -0.39 is 0 Å². The van der Waals surface area contributed by atoms with Crippen molar-refractivity contribution in [1.82, 2.24) is 9.97 Å². The van der Waals surface area contributed by atoms with Gasteiger partial charge >= 0.3 is 0 Å². The quantitative estimate of drug-likeness (QED) is 0.158. The summed E-state index contributed by atoms with van der Waals surface area (Å²) in [5, 5.41) is 6.82. The lowest BCUT2D eigenvalue weighted by Crippen LogP contribution is -1.93. The Morgan fingerprint density at radius 3 is 1.44 bits per heavy atom. The molecule has 61 heavy (non-hydrogen) atoms. The number of para-hydroxylation sites is 2. The van der Waals surface area contributed by atoms with Crippen LogP contribution in [0, 0.1) is 0 Å². The maximum atomic E-state index is 6.33. The van der Waals surface area contributed by atoms with Gasteiger partial charge in [0.05, 0.1) is 22.9 Å². The van der Waals surface area contributed by atoms with Crippen molar-refractivity contribution in [3.05, 3.63) is 219 Å². The molecule has 0 unspecified atom stereocenters. The van der Waals surface area contributed by atoms with Crippen LogP contribution in [0.5, 0.6) is 0 Å². The van der Waals surface area contributed by atoms with E-state index in [0.29, 0.717) is 0 Å². The van der Waals surface area contributed by atoms with Gasteiger partial charge in [0.1, 0.15) is 11.2 Å². The first-order chi connectivity index (χ1) is 30.2. The first-order valence-corrected chi connectivity index (χ1v) is 20.7. The predicted octanol–water partition coefficient (Wildman–Crippen LogP) is 15.8. The molecule has 2 aromatic heterocycles. The second-order valence-corrected chi connectivity index (χ2v) is 15.7. The van der Waals surface area contributed by atoms with Crippen molar-refractivity contribution < 1.29 is 4.42 Å². The van der Waals surface area contributed by atoms with Gasteiger partial charge < -0.3 is 4.42 Å². The molecule has 2 heterocycles. The number of aromatic nitrogens is 2. The van der Waals surface area contributed by atoms with Crippen LogP contribution in [-0.2, 0) is 0 Å². The summed E-state index contributed by atoms with van der Waals surface area (Å²) in [5.74, 6) is 0. The first kappa shape index (κ1) is 34.9. The van der Waals surface area contributed by atoms with Crippen molar-refractivity contribution in [1.29, 1.82) is 0 Å². The summed E-state index contributed by atoms with van der Waals surface area (Å²) in [7, 11) is 0. The van der Waals surface area contributed by atoms with Gasteiger partial charge in [-0.3, -0.25) is 4.98 Å². The van der Waals surface area contributed by atoms with Crippen LogP contribution in [0.4, 0.5) is 0 Å². The van der Waals surface area contributed by atoms with E-state index in [9.17, 15) is 0 Å². The second-order valence-electron chi connectivity index (χ2n) is 15.7. The lowest BCUT2D eigenvalue weighted by atomic mass is 9.93. The zero-order valence-electron chi connectivity index (χ0n) is 33.1. The van der Waals surface area contributed by atoms with Crippen LogP contribution >= 0.6 is 0 Å². The van der Waals surface area contributed by atoms with Gasteiger partial charge in [0.25, 0.3) is 0 Å². The molecule has 0 aliphatic rings. The maximum Gasteiger partial charge on any atom is 0.143 e. The molecule has 3 heteroatoms. The second kappa shape index (κ2) is 14.3. The van der Waals surface area contributed by atoms with E-state index in [1.54, 1.807) is 0 Å². The topological polar surface area (TPSA) is 38.9 Å². The Morgan fingerprint density at radius 2 is 0.770 bits per heavy atom. The third kappa shape index (κ3) is 6.06. The lowest BCUT2D eigenvalue weighted by molar-refractivity contribution is 0.670. The molecule has 0 atom stereocenters. The van der Waals surface area contributed by atoms with Crippen LogP contribution in [0.15, 0.2) is 223 Å². The normalized spacial score (nSPS) is 11.6. The minimum atomic E-state index is 0.842. The first-order valence-electron chi connectivity index (χ1n) is 20.7. The van der Waals surface area contributed by atoms with E-state index in [0.717, 1.165) is 93.9 Å². The molecule has 0 N–H and O–H groups in total. The Bertz CT molecular complexity index is 3610. The van der Waals surface area contributed by atoms with Gasteiger partial charge in [-0.05, 0) is 85.1 Å². The molecule has 12 aromatic rings. The average molecular weight is 777 g/mol. The number of fused-ring (bicyclic) bond motifs is 9. The fraction of sp³-hybridized carbons (Fsp3) is 0. The number of benzene rings is 10. The Labute approximate surface area is 352 Å². The highest BCUT2D eigenvalue weighted by molar-refractivity contribution is 6.24. The molecule has 0 aliphatic heterocycles. The highest BCUT2D eigenvalue weighted by Gasteiger charge is 2.16. The van der Waals surface area contributed by atoms with Crippen molar-refractivity contribution in [2.24, 2.45) is 0 Å². The molecule has 3 nitrogen and oxygen atoms in total. The molecule has 0 radical (unpaired) electrons. The van der Waals surface area contributed by atoms with Gasteiger partial charge in [0.15, 0.2) is 0 Å². The molecular formula is C58H36N2O. The number of hydrogen-bond acceptors (Lipinski definition) is 3. The monoisotopic (exact) mass is 776 g/mol. The van der Waals surface area contributed by atoms with Crippen LogP contribution in [0.3, 0.4) is 0 Å². The van der Waals surface area contributed by atoms with E-state index in [2.05, 4.69) is 200 Å². The summed E-state index contributed by atoms with van der Waals surface area (Å²) in [4.78, 5) is 10.6. The van der Waals surface area contributed by atoms with Crippen molar-refractivity contribution in [2.75, 3.05) is 0 Å². The highest BCUT2D eigenvalue weighted by atomic mass is 16.3. The number of nitrogens with zero attached hydrogens (tertiary/aromatic N) is 2. The SMILES string of the molecule is c1ccc(-c2ccc3c4ccc(-c5ccccc5)cc4c4nc(-c5cccc(-c6ccc(-c7ccc(-c8cccc9c8oc8ccccc89)cc7)cc6)c5)cnc4c3c2)cc1. The van der Waals surface area contributed by atoms with Crippen LogP contribution in [0.2, 0.25) is 0 Å². The van der Waals surface area contributed by atoms with Crippen LogP contribution < -0.4 is 0 Å². The zero-order chi connectivity index (χ0) is 40.3. The molecule has 0 saturated carbocycles. The zero-order valence-corrected chi connectivity index (χ0v) is 33.1. The molecule has 12 rings (SSSR count). The minimum absolute atomic E-state index is 0.842. The Balaban J connectivity index is 0.898. The number of hydrogen-bond donors (Lipinski definition) is 0. The van der Waals surface area contributed by atoms with Crippen LogP contribution in [-0.4, -0.2) is 9.97 Å². The average Bonchev–Trinajstić information content (AvgIpc) is 3.73. The third-order valence-corrected chi connectivity index (χ3v) is 12.1. The van der Waals surface area contributed by atoms with E-state index in [1.807, 2.05) is 18.3 Å². The van der Waals surface area contributed by atoms with Crippen molar-refractivity contribution >= 4 is 54.5 Å². The van der Waals surface area contributed by atoms with E-state index in [4.69, 9.17) is 14.4 Å². The standard InChI is InChI=1S/C58H36N2O/c1-3-11-37(12-4-1)44-29-31-48-49-32-30-45(38-13-5-2-6-14-38)35-53(49)57-56(52(48)34-44)59-36-54(60-57)46-16-9-15-43(33-46)41-23-21-39(22-24-41)40-25-27-42(28-26-40)47-18-10-19-51-50-17-7-8-20-55(50)61-58(47)51/h1-36H. The molecule has 0 saturated heterocycles. The summed E-state index contributed by atoms with van der Waals surface area (Å²) in [6.45, 7) is 0. The van der Waals surface area contributed by atoms with Gasteiger partial charge in [0, 0.05) is 32.7 Å². The van der Waals surface area contributed by atoms with E-state index in [-0.39, 0.29) is 0 Å². The molecular weight excluding hydrogens is 741 g/mol. The fourth-order valence-electron chi connectivity index (χ4n) is 9.01. The van der Waals surface area contributed by atoms with Gasteiger partial charge in [-0.2, -0.15) is 0 Å². The Morgan fingerprint density at radius 1 is 0.295 bits per heavy atom. The molecule has 0 fully saturated rings. The summed E-state index contributed by atoms with van der Waals surface area (Å²) < 4.78 is 6.33. The fourth-order valence-corrected chi connectivity index (χ4v) is 9.01. The number of rotatable bonds is 6. The predicted molar refractivity (Wildman–Crippen MR) is 254 cm³/mol. The van der Waals surface area contributed by atoms with Gasteiger partial charge in [-0.15, -0.1) is 0 Å². The van der Waals surface area contributed by atoms with Crippen LogP contribution in [0.1, 0.15) is 0 Å². The van der Waals surface area contributed by atoms with E-state index in [1.165, 1.54) is 27.5 Å². The lowest BCUT2D eigenvalue weighted by Gasteiger charge is -2.14. The summed E-state index contributed by atoms with van der Waals surface area (Å²) in [5.41, 5.74) is 17.0. The van der Waals surface area contributed by atoms with Gasteiger partial charge in [-0.1, -0.05) is 188 Å². The Kier molecular flexibility index (Phi) is 8.17. The van der Waals surface area contributed by atoms with Gasteiger partial charge in [0.2, 0.25) is 0 Å². The molecule has 0 amide bonds. The summed E-state index contributed by atoms with van der Waals surface area (Å²) in [6.07, 6.45) is 1.93.